The molecule has 0 aromatic rings. The molecule has 2 aliphatic rings. The van der Waals surface area contributed by atoms with Gasteiger partial charge in [0, 0.05) is 32.7 Å². The summed E-state index contributed by atoms with van der Waals surface area (Å²) in [5.41, 5.74) is -0.726. The van der Waals surface area contributed by atoms with Crippen molar-refractivity contribution >= 4 is 11.8 Å². The molecule has 0 aromatic carbocycles. The molecule has 2 fully saturated rings. The zero-order valence-electron chi connectivity index (χ0n) is 14.8. The van der Waals surface area contributed by atoms with Crippen molar-refractivity contribution in [1.29, 1.82) is 5.26 Å². The number of amides is 2. The molecule has 2 N–H and O–H groups in total. The van der Waals surface area contributed by atoms with Crippen molar-refractivity contribution in [3.63, 3.8) is 0 Å². The van der Waals surface area contributed by atoms with E-state index in [0.717, 1.165) is 52.0 Å². The summed E-state index contributed by atoms with van der Waals surface area (Å²) in [6.45, 7) is 8.41. The standard InChI is InChI=1S/C17H29N5O2/c1-3-6-19-15(23)11-21-7-9-22(10-8-21)12-16(24)20-17(2,13-18)14-4-5-14/h14H,3-12H2,1-2H3,(H,19,23)(H,20,24). The van der Waals surface area contributed by atoms with Crippen LogP contribution in [0.5, 0.6) is 0 Å². The molecular weight excluding hydrogens is 306 g/mol. The van der Waals surface area contributed by atoms with E-state index in [1.807, 2.05) is 13.8 Å². The lowest BCUT2D eigenvalue weighted by Crippen LogP contribution is -2.54. The summed E-state index contributed by atoms with van der Waals surface area (Å²) in [7, 11) is 0. The fraction of sp³-hybridized carbons (Fsp3) is 0.824. The Morgan fingerprint density at radius 1 is 1.12 bits per heavy atom. The van der Waals surface area contributed by atoms with Gasteiger partial charge in [0.15, 0.2) is 0 Å². The molecule has 0 bridgehead atoms. The first-order valence-electron chi connectivity index (χ1n) is 8.90. The third kappa shape index (κ3) is 5.46. The third-order valence-electron chi connectivity index (χ3n) is 4.80. The number of hydrogen-bond acceptors (Lipinski definition) is 5. The molecule has 1 aliphatic carbocycles. The van der Waals surface area contributed by atoms with Crippen molar-refractivity contribution in [3.8, 4) is 6.07 Å². The van der Waals surface area contributed by atoms with Crippen molar-refractivity contribution in [2.45, 2.75) is 38.6 Å². The molecule has 134 valence electrons. The van der Waals surface area contributed by atoms with Crippen LogP contribution in [0.4, 0.5) is 0 Å². The van der Waals surface area contributed by atoms with Gasteiger partial charge in [-0.25, -0.2) is 0 Å². The molecule has 7 heteroatoms. The van der Waals surface area contributed by atoms with Crippen LogP contribution in [-0.2, 0) is 9.59 Å². The zero-order chi connectivity index (χ0) is 17.6. The van der Waals surface area contributed by atoms with Crippen LogP contribution in [0.3, 0.4) is 0 Å². The second kappa shape index (κ2) is 8.45. The second-order valence-electron chi connectivity index (χ2n) is 7.04. The summed E-state index contributed by atoms with van der Waals surface area (Å²) in [6, 6.07) is 2.25. The van der Waals surface area contributed by atoms with Gasteiger partial charge >= 0.3 is 0 Å². The topological polar surface area (TPSA) is 88.5 Å². The minimum absolute atomic E-state index is 0.0669. The Bertz CT molecular complexity index is 492. The minimum atomic E-state index is -0.726. The zero-order valence-corrected chi connectivity index (χ0v) is 14.8. The van der Waals surface area contributed by atoms with Crippen LogP contribution in [0.1, 0.15) is 33.1 Å². The van der Waals surface area contributed by atoms with Gasteiger partial charge in [0.05, 0.1) is 19.2 Å². The highest BCUT2D eigenvalue weighted by Gasteiger charge is 2.43. The van der Waals surface area contributed by atoms with E-state index < -0.39 is 5.54 Å². The van der Waals surface area contributed by atoms with E-state index in [4.69, 9.17) is 0 Å². The van der Waals surface area contributed by atoms with Crippen LogP contribution in [0, 0.1) is 17.2 Å². The number of hydrogen-bond donors (Lipinski definition) is 2. The van der Waals surface area contributed by atoms with Crippen LogP contribution in [-0.4, -0.2) is 73.0 Å². The van der Waals surface area contributed by atoms with Gasteiger partial charge in [0.25, 0.3) is 0 Å². The van der Waals surface area contributed by atoms with Crippen molar-refractivity contribution in [3.05, 3.63) is 0 Å². The molecule has 1 saturated heterocycles. The maximum atomic E-state index is 12.2. The Balaban J connectivity index is 1.68. The lowest BCUT2D eigenvalue weighted by Gasteiger charge is -2.34. The molecule has 0 spiro atoms. The average Bonchev–Trinajstić information content (AvgIpc) is 3.40. The Morgan fingerprint density at radius 2 is 1.67 bits per heavy atom. The first-order valence-corrected chi connectivity index (χ1v) is 8.90. The van der Waals surface area contributed by atoms with Crippen LogP contribution in [0.15, 0.2) is 0 Å². The van der Waals surface area contributed by atoms with Gasteiger partial charge in [0.2, 0.25) is 11.8 Å². The molecule has 2 amide bonds. The normalized spacial score (nSPS) is 21.5. The largest absolute Gasteiger partial charge is 0.355 e. The van der Waals surface area contributed by atoms with E-state index in [0.29, 0.717) is 19.0 Å². The molecule has 7 nitrogen and oxygen atoms in total. The molecule has 24 heavy (non-hydrogen) atoms. The van der Waals surface area contributed by atoms with Gasteiger partial charge in [-0.05, 0) is 32.1 Å². The van der Waals surface area contributed by atoms with Crippen molar-refractivity contribution < 1.29 is 9.59 Å². The summed E-state index contributed by atoms with van der Waals surface area (Å²) in [4.78, 5) is 28.1. The van der Waals surface area contributed by atoms with Gasteiger partial charge in [0.1, 0.15) is 5.54 Å². The van der Waals surface area contributed by atoms with Crippen LogP contribution in [0.2, 0.25) is 0 Å². The Morgan fingerprint density at radius 3 is 2.12 bits per heavy atom. The average molecular weight is 335 g/mol. The number of nitrogens with one attached hydrogen (secondary N) is 2. The molecule has 1 unspecified atom stereocenters. The Kier molecular flexibility index (Phi) is 6.58. The van der Waals surface area contributed by atoms with Gasteiger partial charge < -0.3 is 10.6 Å². The first kappa shape index (κ1) is 18.7. The van der Waals surface area contributed by atoms with Crippen molar-refractivity contribution in [2.24, 2.45) is 5.92 Å². The lowest BCUT2D eigenvalue weighted by molar-refractivity contribution is -0.125. The van der Waals surface area contributed by atoms with E-state index in [-0.39, 0.29) is 11.8 Å². The van der Waals surface area contributed by atoms with Gasteiger partial charge in [-0.3, -0.25) is 19.4 Å². The quantitative estimate of drug-likeness (QED) is 0.649. The summed E-state index contributed by atoms with van der Waals surface area (Å²) < 4.78 is 0. The number of nitriles is 1. The van der Waals surface area contributed by atoms with Gasteiger partial charge in [-0.2, -0.15) is 5.26 Å². The van der Waals surface area contributed by atoms with Gasteiger partial charge in [-0.15, -0.1) is 0 Å². The van der Waals surface area contributed by atoms with Crippen molar-refractivity contribution in [2.75, 3.05) is 45.8 Å². The van der Waals surface area contributed by atoms with Crippen LogP contribution >= 0.6 is 0 Å². The van der Waals surface area contributed by atoms with E-state index in [9.17, 15) is 14.9 Å². The molecule has 2 rings (SSSR count). The van der Waals surface area contributed by atoms with E-state index in [1.54, 1.807) is 0 Å². The summed E-state index contributed by atoms with van der Waals surface area (Å²) in [5, 5.41) is 15.1. The Labute approximate surface area is 144 Å². The molecular formula is C17H29N5O2. The highest BCUT2D eigenvalue weighted by Crippen LogP contribution is 2.39. The third-order valence-corrected chi connectivity index (χ3v) is 4.80. The monoisotopic (exact) mass is 335 g/mol. The highest BCUT2D eigenvalue weighted by molar-refractivity contribution is 5.79. The van der Waals surface area contributed by atoms with Crippen molar-refractivity contribution in [1.82, 2.24) is 20.4 Å². The highest BCUT2D eigenvalue weighted by atomic mass is 16.2. The maximum Gasteiger partial charge on any atom is 0.235 e. The molecule has 1 saturated carbocycles. The second-order valence-corrected chi connectivity index (χ2v) is 7.04. The van der Waals surface area contributed by atoms with Gasteiger partial charge in [-0.1, -0.05) is 6.92 Å². The predicted octanol–water partition coefficient (Wildman–Crippen LogP) is -0.0613. The number of piperazine rings is 1. The number of rotatable bonds is 8. The summed E-state index contributed by atoms with van der Waals surface area (Å²) in [5.74, 6) is 0.280. The smallest absolute Gasteiger partial charge is 0.235 e. The lowest BCUT2D eigenvalue weighted by atomic mass is 9.98. The molecule has 0 aromatic heterocycles. The first-order chi connectivity index (χ1) is 11.5. The summed E-state index contributed by atoms with van der Waals surface area (Å²) in [6.07, 6.45) is 2.98. The maximum absolute atomic E-state index is 12.2. The fourth-order valence-electron chi connectivity index (χ4n) is 3.04. The number of carbonyl (C=O) groups is 2. The van der Waals surface area contributed by atoms with Crippen LogP contribution in [0.25, 0.3) is 0 Å². The minimum Gasteiger partial charge on any atom is -0.355 e. The predicted molar refractivity (Wildman–Crippen MR) is 91.1 cm³/mol. The molecule has 1 heterocycles. The molecule has 0 radical (unpaired) electrons. The summed E-state index contributed by atoms with van der Waals surface area (Å²) >= 11 is 0. The Hall–Kier alpha value is -1.65. The fourth-order valence-corrected chi connectivity index (χ4v) is 3.04. The SMILES string of the molecule is CCCNC(=O)CN1CCN(CC(=O)NC(C)(C#N)C2CC2)CC1. The van der Waals surface area contributed by atoms with E-state index >= 15 is 0 Å². The van der Waals surface area contributed by atoms with Crippen LogP contribution < -0.4 is 10.6 Å². The molecule has 1 aliphatic heterocycles. The van der Waals surface area contributed by atoms with E-state index in [2.05, 4.69) is 26.5 Å². The molecule has 1 atom stereocenters. The number of carbonyl (C=O) groups excluding carboxylic acids is 2. The van der Waals surface area contributed by atoms with E-state index in [1.165, 1.54) is 0 Å². The number of nitrogens with zero attached hydrogens (tertiary/aromatic N) is 3.